The highest BCUT2D eigenvalue weighted by atomic mass is 35.5. The van der Waals surface area contributed by atoms with Gasteiger partial charge in [0, 0.05) is 24.7 Å². The summed E-state index contributed by atoms with van der Waals surface area (Å²) in [6, 6.07) is 5.49. The molecule has 0 unspecified atom stereocenters. The SMILES string of the molecule is Cn1nncc1CN[C@H](CC(F)(F)F)c1ccc(Cl)cc1. The molecule has 0 amide bonds. The van der Waals surface area contributed by atoms with Gasteiger partial charge in [-0.25, -0.2) is 0 Å². The molecule has 0 bridgehead atoms. The summed E-state index contributed by atoms with van der Waals surface area (Å²) in [5.74, 6) is 0. The van der Waals surface area contributed by atoms with Crippen molar-refractivity contribution in [2.24, 2.45) is 7.05 Å². The molecule has 114 valence electrons. The standard InChI is InChI=1S/C13H14ClF3N4/c1-21-11(8-19-20-21)7-18-12(6-13(15,16)17)9-2-4-10(14)5-3-9/h2-5,8,12,18H,6-7H2,1H3/t12-/m1/s1. The molecule has 1 aromatic heterocycles. The third-order valence-electron chi connectivity index (χ3n) is 3.05. The molecule has 0 fully saturated rings. The minimum Gasteiger partial charge on any atom is -0.304 e. The Morgan fingerprint density at radius 3 is 2.48 bits per heavy atom. The van der Waals surface area contributed by atoms with E-state index in [-0.39, 0.29) is 6.54 Å². The van der Waals surface area contributed by atoms with Crippen molar-refractivity contribution in [3.63, 3.8) is 0 Å². The Balaban J connectivity index is 2.12. The van der Waals surface area contributed by atoms with Gasteiger partial charge in [-0.1, -0.05) is 28.9 Å². The molecule has 2 aromatic rings. The Morgan fingerprint density at radius 2 is 1.95 bits per heavy atom. The second kappa shape index (κ2) is 6.44. The highest BCUT2D eigenvalue weighted by Crippen LogP contribution is 2.30. The zero-order valence-electron chi connectivity index (χ0n) is 11.2. The number of nitrogens with zero attached hydrogens (tertiary/aromatic N) is 3. The van der Waals surface area contributed by atoms with Gasteiger partial charge in [-0.3, -0.25) is 4.68 Å². The van der Waals surface area contributed by atoms with E-state index in [4.69, 9.17) is 11.6 Å². The van der Waals surface area contributed by atoms with E-state index in [2.05, 4.69) is 15.6 Å². The van der Waals surface area contributed by atoms with E-state index in [0.717, 1.165) is 0 Å². The molecule has 2 rings (SSSR count). The molecule has 0 radical (unpaired) electrons. The summed E-state index contributed by atoms with van der Waals surface area (Å²) in [6.45, 7) is 0.243. The topological polar surface area (TPSA) is 42.7 Å². The molecule has 0 saturated carbocycles. The number of aromatic nitrogens is 3. The molecule has 1 atom stereocenters. The molecule has 0 aliphatic rings. The van der Waals surface area contributed by atoms with Gasteiger partial charge in [-0.05, 0) is 17.7 Å². The average molecular weight is 319 g/mol. The van der Waals surface area contributed by atoms with Crippen molar-refractivity contribution >= 4 is 11.6 Å². The van der Waals surface area contributed by atoms with Gasteiger partial charge in [0.1, 0.15) is 0 Å². The largest absolute Gasteiger partial charge is 0.390 e. The number of nitrogens with one attached hydrogen (secondary N) is 1. The normalized spacial score (nSPS) is 13.4. The monoisotopic (exact) mass is 318 g/mol. The van der Waals surface area contributed by atoms with Crippen molar-refractivity contribution in [1.29, 1.82) is 0 Å². The number of benzene rings is 1. The molecule has 8 heteroatoms. The zero-order valence-corrected chi connectivity index (χ0v) is 12.0. The first-order valence-corrected chi connectivity index (χ1v) is 6.62. The van der Waals surface area contributed by atoms with Crippen LogP contribution in [0.5, 0.6) is 0 Å². The van der Waals surface area contributed by atoms with E-state index in [1.165, 1.54) is 10.9 Å². The van der Waals surface area contributed by atoms with Gasteiger partial charge < -0.3 is 5.32 Å². The van der Waals surface area contributed by atoms with Crippen LogP contribution < -0.4 is 5.32 Å². The lowest BCUT2D eigenvalue weighted by Crippen LogP contribution is -2.27. The van der Waals surface area contributed by atoms with Crippen LogP contribution in [0, 0.1) is 0 Å². The van der Waals surface area contributed by atoms with Crippen molar-refractivity contribution in [2.45, 2.75) is 25.2 Å². The smallest absolute Gasteiger partial charge is 0.304 e. The fourth-order valence-electron chi connectivity index (χ4n) is 1.93. The number of hydrogen-bond acceptors (Lipinski definition) is 3. The molecule has 0 aliphatic heterocycles. The predicted octanol–water partition coefficient (Wildman–Crippen LogP) is 3.25. The summed E-state index contributed by atoms with van der Waals surface area (Å²) < 4.78 is 39.7. The lowest BCUT2D eigenvalue weighted by molar-refractivity contribution is -0.140. The fraction of sp³-hybridized carbons (Fsp3) is 0.385. The second-order valence-electron chi connectivity index (χ2n) is 4.65. The Hall–Kier alpha value is -1.60. The highest BCUT2D eigenvalue weighted by molar-refractivity contribution is 6.30. The van der Waals surface area contributed by atoms with E-state index >= 15 is 0 Å². The van der Waals surface area contributed by atoms with E-state index in [0.29, 0.717) is 16.3 Å². The molecular formula is C13H14ClF3N4. The van der Waals surface area contributed by atoms with Crippen molar-refractivity contribution in [3.05, 3.63) is 46.7 Å². The molecule has 1 aromatic carbocycles. The number of alkyl halides is 3. The zero-order chi connectivity index (χ0) is 15.5. The average Bonchev–Trinajstić information content (AvgIpc) is 2.80. The van der Waals surface area contributed by atoms with Crippen LogP contribution in [0.4, 0.5) is 13.2 Å². The predicted molar refractivity (Wildman–Crippen MR) is 72.7 cm³/mol. The summed E-state index contributed by atoms with van der Waals surface area (Å²) in [4.78, 5) is 0. The first kappa shape index (κ1) is 15.8. The summed E-state index contributed by atoms with van der Waals surface area (Å²) >= 11 is 5.77. The third-order valence-corrected chi connectivity index (χ3v) is 3.30. The lowest BCUT2D eigenvalue weighted by atomic mass is 10.0. The van der Waals surface area contributed by atoms with Crippen LogP contribution in [-0.4, -0.2) is 21.2 Å². The Bertz CT molecular complexity index is 580. The maximum atomic E-state index is 12.7. The fourth-order valence-corrected chi connectivity index (χ4v) is 2.06. The first-order chi connectivity index (χ1) is 9.85. The first-order valence-electron chi connectivity index (χ1n) is 6.24. The molecule has 0 aliphatic carbocycles. The summed E-state index contributed by atoms with van der Waals surface area (Å²) in [5.41, 5.74) is 1.24. The van der Waals surface area contributed by atoms with E-state index in [1.54, 1.807) is 31.3 Å². The van der Waals surface area contributed by atoms with E-state index in [9.17, 15) is 13.2 Å². The maximum Gasteiger partial charge on any atom is 0.390 e. The molecule has 0 saturated heterocycles. The minimum absolute atomic E-state index is 0.243. The summed E-state index contributed by atoms with van der Waals surface area (Å²) in [6.07, 6.45) is -3.71. The highest BCUT2D eigenvalue weighted by Gasteiger charge is 2.32. The molecule has 4 nitrogen and oxygen atoms in total. The molecule has 0 spiro atoms. The molecule has 1 N–H and O–H groups in total. The van der Waals surface area contributed by atoms with Gasteiger partial charge in [0.2, 0.25) is 0 Å². The van der Waals surface area contributed by atoms with Gasteiger partial charge in [-0.15, -0.1) is 5.10 Å². The van der Waals surface area contributed by atoms with Crippen molar-refractivity contribution in [1.82, 2.24) is 20.3 Å². The number of aryl methyl sites for hydroxylation is 1. The minimum atomic E-state index is -4.26. The van der Waals surface area contributed by atoms with Crippen LogP contribution >= 0.6 is 11.6 Å². The van der Waals surface area contributed by atoms with Crippen molar-refractivity contribution in [3.8, 4) is 0 Å². The van der Waals surface area contributed by atoms with E-state index < -0.39 is 18.6 Å². The van der Waals surface area contributed by atoms with Gasteiger partial charge >= 0.3 is 6.18 Å². The Kier molecular flexibility index (Phi) is 4.84. The van der Waals surface area contributed by atoms with Gasteiger partial charge in [0.25, 0.3) is 0 Å². The van der Waals surface area contributed by atoms with Crippen LogP contribution in [0.1, 0.15) is 23.7 Å². The molecule has 21 heavy (non-hydrogen) atoms. The van der Waals surface area contributed by atoms with Crippen LogP contribution in [0.2, 0.25) is 5.02 Å². The van der Waals surface area contributed by atoms with Crippen LogP contribution in [-0.2, 0) is 13.6 Å². The van der Waals surface area contributed by atoms with Gasteiger partial charge in [0.15, 0.2) is 0 Å². The number of halogens is 4. The van der Waals surface area contributed by atoms with Gasteiger partial charge in [-0.2, -0.15) is 13.2 Å². The van der Waals surface area contributed by atoms with Crippen molar-refractivity contribution in [2.75, 3.05) is 0 Å². The van der Waals surface area contributed by atoms with Crippen molar-refractivity contribution < 1.29 is 13.2 Å². The van der Waals surface area contributed by atoms with Crippen LogP contribution in [0.15, 0.2) is 30.5 Å². The molecular weight excluding hydrogens is 305 g/mol. The van der Waals surface area contributed by atoms with Crippen LogP contribution in [0.25, 0.3) is 0 Å². The maximum absolute atomic E-state index is 12.7. The van der Waals surface area contributed by atoms with Crippen LogP contribution in [0.3, 0.4) is 0 Å². The molecule has 1 heterocycles. The number of rotatable bonds is 5. The third kappa shape index (κ3) is 4.71. The lowest BCUT2D eigenvalue weighted by Gasteiger charge is -2.20. The quantitative estimate of drug-likeness (QED) is 0.920. The van der Waals surface area contributed by atoms with Gasteiger partial charge in [0.05, 0.1) is 18.3 Å². The Morgan fingerprint density at radius 1 is 1.29 bits per heavy atom. The summed E-state index contributed by atoms with van der Waals surface area (Å²) in [7, 11) is 1.69. The Labute approximate surface area is 124 Å². The van der Waals surface area contributed by atoms with E-state index in [1.807, 2.05) is 0 Å². The number of hydrogen-bond donors (Lipinski definition) is 1. The summed E-state index contributed by atoms with van der Waals surface area (Å²) in [5, 5.41) is 10.8. The second-order valence-corrected chi connectivity index (χ2v) is 5.09.